The Morgan fingerprint density at radius 1 is 1.22 bits per heavy atom. The molecule has 0 N–H and O–H groups in total. The fourth-order valence-electron chi connectivity index (χ4n) is 3.62. The summed E-state index contributed by atoms with van der Waals surface area (Å²) in [6, 6.07) is 8.78. The lowest BCUT2D eigenvalue weighted by molar-refractivity contribution is 0.235. The molecule has 0 radical (unpaired) electrons. The highest BCUT2D eigenvalue weighted by molar-refractivity contribution is 5.75. The van der Waals surface area contributed by atoms with Gasteiger partial charge >= 0.3 is 0 Å². The minimum absolute atomic E-state index is 0.407. The standard InChI is InChI=1S/C17H22N6/c1-13-20-18-12-23(13)11-10-22-9-5-8-16(22)17-19-14-6-3-4-7-15(14)21(17)2/h3-4,6-7,12,16H,5,8-11H2,1-2H3. The van der Waals surface area contributed by atoms with Crippen molar-refractivity contribution in [1.29, 1.82) is 0 Å². The lowest BCUT2D eigenvalue weighted by Crippen LogP contribution is -2.29. The second-order valence-corrected chi connectivity index (χ2v) is 6.28. The van der Waals surface area contributed by atoms with Crippen LogP contribution in [0.3, 0.4) is 0 Å². The second kappa shape index (κ2) is 5.77. The molecule has 1 aliphatic heterocycles. The lowest BCUT2D eigenvalue weighted by atomic mass is 10.2. The molecule has 1 unspecified atom stereocenters. The SMILES string of the molecule is Cc1nncn1CCN1CCCC1c1nc2ccccc2n1C. The molecule has 1 atom stereocenters. The van der Waals surface area contributed by atoms with Gasteiger partial charge in [-0.05, 0) is 38.4 Å². The van der Waals surface area contributed by atoms with Crippen LogP contribution in [0.25, 0.3) is 11.0 Å². The Bertz CT molecular complexity index is 817. The van der Waals surface area contributed by atoms with Gasteiger partial charge in [-0.15, -0.1) is 10.2 Å². The van der Waals surface area contributed by atoms with Crippen LogP contribution in [0.4, 0.5) is 0 Å². The predicted molar refractivity (Wildman–Crippen MR) is 89.0 cm³/mol. The summed E-state index contributed by atoms with van der Waals surface area (Å²) in [6.45, 7) is 5.07. The normalized spacial score (nSPS) is 19.0. The van der Waals surface area contributed by atoms with E-state index in [2.05, 4.69) is 55.5 Å². The Morgan fingerprint density at radius 2 is 2.09 bits per heavy atom. The zero-order valence-corrected chi connectivity index (χ0v) is 13.7. The van der Waals surface area contributed by atoms with E-state index in [-0.39, 0.29) is 0 Å². The van der Waals surface area contributed by atoms with Crippen molar-refractivity contribution in [3.05, 3.63) is 42.2 Å². The van der Waals surface area contributed by atoms with E-state index in [0.29, 0.717) is 6.04 Å². The summed E-state index contributed by atoms with van der Waals surface area (Å²) in [4.78, 5) is 7.44. The molecule has 0 amide bonds. The fraction of sp³-hybridized carbons (Fsp3) is 0.471. The van der Waals surface area contributed by atoms with E-state index in [9.17, 15) is 0 Å². The third-order valence-corrected chi connectivity index (χ3v) is 4.92. The van der Waals surface area contributed by atoms with E-state index in [4.69, 9.17) is 4.98 Å². The van der Waals surface area contributed by atoms with Crippen LogP contribution in [0.2, 0.25) is 0 Å². The molecule has 0 aliphatic carbocycles. The predicted octanol–water partition coefficient (Wildman–Crippen LogP) is 2.31. The third-order valence-electron chi connectivity index (χ3n) is 4.92. The Morgan fingerprint density at radius 3 is 2.87 bits per heavy atom. The Balaban J connectivity index is 1.57. The number of rotatable bonds is 4. The Kier molecular flexibility index (Phi) is 3.61. The number of nitrogens with zero attached hydrogens (tertiary/aromatic N) is 6. The summed E-state index contributed by atoms with van der Waals surface area (Å²) >= 11 is 0. The zero-order valence-electron chi connectivity index (χ0n) is 13.7. The Labute approximate surface area is 135 Å². The van der Waals surface area contributed by atoms with Crippen molar-refractivity contribution in [2.75, 3.05) is 13.1 Å². The number of hydrogen-bond acceptors (Lipinski definition) is 4. The van der Waals surface area contributed by atoms with Crippen LogP contribution >= 0.6 is 0 Å². The first-order valence-electron chi connectivity index (χ1n) is 8.24. The summed E-state index contributed by atoms with van der Waals surface area (Å²) in [7, 11) is 2.13. The maximum Gasteiger partial charge on any atom is 0.129 e. The summed E-state index contributed by atoms with van der Waals surface area (Å²) in [6.07, 6.45) is 4.23. The molecule has 0 saturated carbocycles. The van der Waals surface area contributed by atoms with Gasteiger partial charge in [0.2, 0.25) is 0 Å². The van der Waals surface area contributed by atoms with Gasteiger partial charge in [0.1, 0.15) is 18.0 Å². The van der Waals surface area contributed by atoms with Crippen molar-refractivity contribution < 1.29 is 0 Å². The molecule has 1 fully saturated rings. The molecule has 4 rings (SSSR count). The van der Waals surface area contributed by atoms with Gasteiger partial charge in [-0.1, -0.05) is 12.1 Å². The van der Waals surface area contributed by atoms with Crippen LogP contribution in [-0.2, 0) is 13.6 Å². The van der Waals surface area contributed by atoms with Crippen molar-refractivity contribution in [2.24, 2.45) is 7.05 Å². The first-order valence-corrected chi connectivity index (χ1v) is 8.24. The average Bonchev–Trinajstić information content (AvgIpc) is 3.25. The van der Waals surface area contributed by atoms with Gasteiger partial charge in [-0.3, -0.25) is 4.90 Å². The monoisotopic (exact) mass is 310 g/mol. The second-order valence-electron chi connectivity index (χ2n) is 6.28. The highest BCUT2D eigenvalue weighted by atomic mass is 15.3. The van der Waals surface area contributed by atoms with Crippen molar-refractivity contribution in [1.82, 2.24) is 29.2 Å². The molecule has 0 bridgehead atoms. The van der Waals surface area contributed by atoms with Crippen LogP contribution < -0.4 is 0 Å². The molecule has 6 heteroatoms. The van der Waals surface area contributed by atoms with Crippen LogP contribution in [0.5, 0.6) is 0 Å². The molecule has 6 nitrogen and oxygen atoms in total. The number of benzene rings is 1. The van der Waals surface area contributed by atoms with E-state index in [1.54, 1.807) is 0 Å². The summed E-state index contributed by atoms with van der Waals surface area (Å²) < 4.78 is 4.37. The van der Waals surface area contributed by atoms with Crippen molar-refractivity contribution in [3.63, 3.8) is 0 Å². The summed E-state index contributed by atoms with van der Waals surface area (Å²) in [5.41, 5.74) is 2.30. The van der Waals surface area contributed by atoms with E-state index in [1.807, 2.05) is 13.3 Å². The summed E-state index contributed by atoms with van der Waals surface area (Å²) in [5, 5.41) is 8.03. The highest BCUT2D eigenvalue weighted by Crippen LogP contribution is 2.32. The fourth-order valence-corrected chi connectivity index (χ4v) is 3.62. The van der Waals surface area contributed by atoms with Gasteiger partial charge in [-0.25, -0.2) is 4.98 Å². The molecule has 1 aliphatic rings. The maximum absolute atomic E-state index is 4.90. The minimum Gasteiger partial charge on any atom is -0.330 e. The summed E-state index contributed by atoms with van der Waals surface area (Å²) in [5.74, 6) is 2.16. The first kappa shape index (κ1) is 14.4. The maximum atomic E-state index is 4.90. The molecule has 3 heterocycles. The molecular weight excluding hydrogens is 288 g/mol. The van der Waals surface area contributed by atoms with Gasteiger partial charge < -0.3 is 9.13 Å². The number of fused-ring (bicyclic) bond motifs is 1. The number of aryl methyl sites for hydroxylation is 2. The lowest BCUT2D eigenvalue weighted by Gasteiger charge is -2.24. The van der Waals surface area contributed by atoms with Crippen molar-refractivity contribution >= 4 is 11.0 Å². The smallest absolute Gasteiger partial charge is 0.129 e. The van der Waals surface area contributed by atoms with Crippen molar-refractivity contribution in [2.45, 2.75) is 32.4 Å². The van der Waals surface area contributed by atoms with E-state index >= 15 is 0 Å². The number of aromatic nitrogens is 5. The quantitative estimate of drug-likeness (QED) is 0.742. The zero-order chi connectivity index (χ0) is 15.8. The van der Waals surface area contributed by atoms with Crippen LogP contribution in [-0.4, -0.2) is 42.3 Å². The van der Waals surface area contributed by atoms with E-state index < -0.39 is 0 Å². The molecule has 23 heavy (non-hydrogen) atoms. The number of imidazole rings is 1. The molecule has 3 aromatic rings. The van der Waals surface area contributed by atoms with Gasteiger partial charge in [-0.2, -0.15) is 0 Å². The van der Waals surface area contributed by atoms with Gasteiger partial charge in [0.15, 0.2) is 0 Å². The van der Waals surface area contributed by atoms with Crippen LogP contribution in [0, 0.1) is 6.92 Å². The van der Waals surface area contributed by atoms with Gasteiger partial charge in [0.05, 0.1) is 17.1 Å². The molecule has 120 valence electrons. The minimum atomic E-state index is 0.407. The molecular formula is C17H22N6. The topological polar surface area (TPSA) is 51.8 Å². The van der Waals surface area contributed by atoms with E-state index in [0.717, 1.165) is 31.0 Å². The largest absolute Gasteiger partial charge is 0.330 e. The van der Waals surface area contributed by atoms with Crippen LogP contribution in [0.15, 0.2) is 30.6 Å². The van der Waals surface area contributed by atoms with Crippen LogP contribution in [0.1, 0.15) is 30.5 Å². The number of para-hydroxylation sites is 2. The molecule has 1 aromatic carbocycles. The van der Waals surface area contributed by atoms with E-state index in [1.165, 1.54) is 24.2 Å². The van der Waals surface area contributed by atoms with Gasteiger partial charge in [0.25, 0.3) is 0 Å². The molecule has 1 saturated heterocycles. The highest BCUT2D eigenvalue weighted by Gasteiger charge is 2.29. The first-order chi connectivity index (χ1) is 11.2. The molecule has 0 spiro atoms. The Hall–Kier alpha value is -2.21. The number of likely N-dealkylation sites (tertiary alicyclic amines) is 1. The van der Waals surface area contributed by atoms with Crippen molar-refractivity contribution in [3.8, 4) is 0 Å². The third kappa shape index (κ3) is 2.53. The number of hydrogen-bond donors (Lipinski definition) is 0. The average molecular weight is 310 g/mol. The van der Waals surface area contributed by atoms with Gasteiger partial charge in [0, 0.05) is 20.1 Å². The molecule has 2 aromatic heterocycles.